The number of nitrogens with two attached hydrogens (primary N) is 1. The molecule has 0 saturated carbocycles. The van der Waals surface area contributed by atoms with Crippen LogP contribution >= 0.6 is 11.3 Å². The second-order valence-corrected chi connectivity index (χ2v) is 7.16. The van der Waals surface area contributed by atoms with E-state index in [-0.39, 0.29) is 27.6 Å². The fourth-order valence-electron chi connectivity index (χ4n) is 2.57. The summed E-state index contributed by atoms with van der Waals surface area (Å²) in [5, 5.41) is 6.71. The van der Waals surface area contributed by atoms with Crippen LogP contribution in [0.3, 0.4) is 0 Å². The zero-order chi connectivity index (χ0) is 23.8. The lowest BCUT2D eigenvalue weighted by Gasteiger charge is -2.15. The average Bonchev–Trinajstić information content (AvgIpc) is 3.24. The number of amides is 3. The van der Waals surface area contributed by atoms with Crippen LogP contribution < -0.4 is 30.6 Å². The second-order valence-electron chi connectivity index (χ2n) is 6.25. The molecule has 1 unspecified atom stereocenters. The summed E-state index contributed by atoms with van der Waals surface area (Å²) in [7, 11) is 4.25. The van der Waals surface area contributed by atoms with Gasteiger partial charge in [-0.2, -0.15) is 0 Å². The number of hydrogen-bond donors (Lipinski definition) is 3. The lowest BCUT2D eigenvalue weighted by molar-refractivity contribution is -0.152. The number of anilines is 1. The van der Waals surface area contributed by atoms with Crippen molar-refractivity contribution in [2.24, 2.45) is 5.73 Å². The Morgan fingerprint density at radius 1 is 1.06 bits per heavy atom. The third-order valence-corrected chi connectivity index (χ3v) is 4.99. The van der Waals surface area contributed by atoms with Crippen LogP contribution in [0.15, 0.2) is 23.6 Å². The Hall–Kier alpha value is -3.80. The molecule has 172 valence electrons. The molecule has 0 aliphatic rings. The summed E-state index contributed by atoms with van der Waals surface area (Å²) in [4.78, 5) is 48.0. The highest BCUT2D eigenvalue weighted by Gasteiger charge is 2.22. The number of rotatable bonds is 10. The minimum atomic E-state index is -1.18. The van der Waals surface area contributed by atoms with Crippen molar-refractivity contribution in [1.82, 2.24) is 5.32 Å². The van der Waals surface area contributed by atoms with Crippen LogP contribution in [0, 0.1) is 0 Å². The van der Waals surface area contributed by atoms with Gasteiger partial charge in [0.15, 0.2) is 17.6 Å². The highest BCUT2D eigenvalue weighted by atomic mass is 32.1. The molecular weight excluding hydrogens is 442 g/mol. The van der Waals surface area contributed by atoms with Gasteiger partial charge in [0, 0.05) is 5.56 Å². The molecule has 0 aliphatic carbocycles. The highest BCUT2D eigenvalue weighted by molar-refractivity contribution is 7.14. The van der Waals surface area contributed by atoms with E-state index in [1.807, 2.05) is 0 Å². The molecule has 0 bridgehead atoms. The predicted octanol–water partition coefficient (Wildman–Crippen LogP) is 1.17. The van der Waals surface area contributed by atoms with Crippen LogP contribution in [-0.2, 0) is 14.3 Å². The summed E-state index contributed by atoms with van der Waals surface area (Å²) in [6.45, 7) is 0.866. The molecule has 12 heteroatoms. The number of benzene rings is 1. The molecule has 32 heavy (non-hydrogen) atoms. The molecule has 3 amide bonds. The third kappa shape index (κ3) is 5.88. The first kappa shape index (κ1) is 24.5. The SMILES string of the molecule is COc1cc(C(=O)NCC(=O)OC(C)C(=O)Nc2sccc2C(N)=O)cc(OC)c1OC. The monoisotopic (exact) mass is 465 g/mol. The van der Waals surface area contributed by atoms with Crippen molar-refractivity contribution in [3.05, 3.63) is 34.7 Å². The number of esters is 1. The van der Waals surface area contributed by atoms with Gasteiger partial charge < -0.3 is 35.3 Å². The first-order valence-electron chi connectivity index (χ1n) is 9.17. The number of hydrogen-bond acceptors (Lipinski definition) is 9. The molecule has 1 aromatic carbocycles. The molecule has 1 heterocycles. The number of carbonyl (C=O) groups excluding carboxylic acids is 4. The van der Waals surface area contributed by atoms with Gasteiger partial charge in [0.25, 0.3) is 17.7 Å². The zero-order valence-electron chi connectivity index (χ0n) is 17.8. The van der Waals surface area contributed by atoms with Gasteiger partial charge in [0.1, 0.15) is 11.5 Å². The Morgan fingerprint density at radius 3 is 2.22 bits per heavy atom. The number of nitrogens with one attached hydrogen (secondary N) is 2. The Labute approximate surface area is 187 Å². The maximum Gasteiger partial charge on any atom is 0.326 e. The Bertz CT molecular complexity index is 995. The number of methoxy groups -OCH3 is 3. The summed E-state index contributed by atoms with van der Waals surface area (Å²) in [6, 6.07) is 4.32. The van der Waals surface area contributed by atoms with Gasteiger partial charge in [-0.15, -0.1) is 11.3 Å². The first-order chi connectivity index (χ1) is 15.2. The van der Waals surface area contributed by atoms with E-state index in [1.165, 1.54) is 46.5 Å². The largest absolute Gasteiger partial charge is 0.493 e. The van der Waals surface area contributed by atoms with Gasteiger partial charge in [0.2, 0.25) is 5.75 Å². The quantitative estimate of drug-likeness (QED) is 0.442. The summed E-state index contributed by atoms with van der Waals surface area (Å²) >= 11 is 1.10. The molecule has 2 rings (SSSR count). The second kappa shape index (κ2) is 11.0. The topological polar surface area (TPSA) is 155 Å². The lowest BCUT2D eigenvalue weighted by Crippen LogP contribution is -2.36. The van der Waals surface area contributed by atoms with Crippen LogP contribution in [0.25, 0.3) is 0 Å². The summed E-state index contributed by atoms with van der Waals surface area (Å²) in [5.74, 6) is -1.92. The molecule has 0 saturated heterocycles. The Balaban J connectivity index is 1.94. The van der Waals surface area contributed by atoms with Crippen molar-refractivity contribution in [3.8, 4) is 17.2 Å². The molecule has 0 radical (unpaired) electrons. The molecule has 11 nitrogen and oxygen atoms in total. The maximum absolute atomic E-state index is 12.4. The van der Waals surface area contributed by atoms with E-state index in [2.05, 4.69) is 10.6 Å². The van der Waals surface area contributed by atoms with Gasteiger partial charge in [-0.3, -0.25) is 19.2 Å². The van der Waals surface area contributed by atoms with Gasteiger partial charge in [-0.1, -0.05) is 0 Å². The summed E-state index contributed by atoms with van der Waals surface area (Å²) in [6.07, 6.45) is -1.18. The number of thiophene rings is 1. The average molecular weight is 465 g/mol. The normalized spacial score (nSPS) is 11.1. The van der Waals surface area contributed by atoms with Crippen molar-refractivity contribution in [2.45, 2.75) is 13.0 Å². The molecule has 2 aromatic rings. The lowest BCUT2D eigenvalue weighted by atomic mass is 10.1. The van der Waals surface area contributed by atoms with Gasteiger partial charge in [0.05, 0.1) is 26.9 Å². The first-order valence-corrected chi connectivity index (χ1v) is 10.1. The van der Waals surface area contributed by atoms with Crippen LogP contribution in [0.5, 0.6) is 17.2 Å². The van der Waals surface area contributed by atoms with E-state index >= 15 is 0 Å². The summed E-state index contributed by atoms with van der Waals surface area (Å²) in [5.41, 5.74) is 5.54. The van der Waals surface area contributed by atoms with Crippen LogP contribution in [0.4, 0.5) is 5.00 Å². The van der Waals surface area contributed by atoms with Crippen molar-refractivity contribution in [3.63, 3.8) is 0 Å². The molecular formula is C20H23N3O8S. The van der Waals surface area contributed by atoms with Crippen molar-refractivity contribution in [2.75, 3.05) is 33.2 Å². The fraction of sp³-hybridized carbons (Fsp3) is 0.300. The number of primary amides is 1. The van der Waals surface area contributed by atoms with Gasteiger partial charge >= 0.3 is 5.97 Å². The van der Waals surface area contributed by atoms with E-state index in [0.717, 1.165) is 11.3 Å². The van der Waals surface area contributed by atoms with E-state index < -0.39 is 36.3 Å². The van der Waals surface area contributed by atoms with Gasteiger partial charge in [-0.25, -0.2) is 0 Å². The van der Waals surface area contributed by atoms with E-state index in [9.17, 15) is 19.2 Å². The minimum Gasteiger partial charge on any atom is -0.493 e. The molecule has 0 aliphatic heterocycles. The standard InChI is InChI=1S/C20H23N3O8S/c1-10(18(26)23-20-12(17(21)25)5-6-32-20)31-15(24)9-22-19(27)11-7-13(28-2)16(30-4)14(8-11)29-3/h5-8,10H,9H2,1-4H3,(H2,21,25)(H,22,27)(H,23,26). The molecule has 1 aromatic heterocycles. The Kier molecular flexibility index (Phi) is 8.41. The third-order valence-electron chi connectivity index (χ3n) is 4.17. The highest BCUT2D eigenvalue weighted by Crippen LogP contribution is 2.38. The number of ether oxygens (including phenoxy) is 4. The van der Waals surface area contributed by atoms with Crippen LogP contribution in [0.2, 0.25) is 0 Å². The van der Waals surface area contributed by atoms with Crippen LogP contribution in [0.1, 0.15) is 27.6 Å². The van der Waals surface area contributed by atoms with Crippen molar-refractivity contribution < 1.29 is 38.1 Å². The molecule has 4 N–H and O–H groups in total. The molecule has 1 atom stereocenters. The van der Waals surface area contributed by atoms with E-state index in [4.69, 9.17) is 24.7 Å². The summed E-state index contributed by atoms with van der Waals surface area (Å²) < 4.78 is 20.6. The fourth-order valence-corrected chi connectivity index (χ4v) is 3.37. The number of carbonyl (C=O) groups is 4. The smallest absolute Gasteiger partial charge is 0.326 e. The van der Waals surface area contributed by atoms with Crippen molar-refractivity contribution in [1.29, 1.82) is 0 Å². The van der Waals surface area contributed by atoms with Crippen molar-refractivity contribution >= 4 is 40.0 Å². The minimum absolute atomic E-state index is 0.152. The van der Waals surface area contributed by atoms with E-state index in [1.54, 1.807) is 5.38 Å². The van der Waals surface area contributed by atoms with Gasteiger partial charge in [-0.05, 0) is 30.5 Å². The molecule has 0 fully saturated rings. The zero-order valence-corrected chi connectivity index (χ0v) is 18.7. The predicted molar refractivity (Wildman–Crippen MR) is 115 cm³/mol. The van der Waals surface area contributed by atoms with Crippen LogP contribution in [-0.4, -0.2) is 57.7 Å². The van der Waals surface area contributed by atoms with E-state index in [0.29, 0.717) is 5.75 Å². The Morgan fingerprint density at radius 2 is 1.69 bits per heavy atom. The maximum atomic E-state index is 12.4. The molecule has 0 spiro atoms.